The Morgan fingerprint density at radius 2 is 2.05 bits per heavy atom. The number of nitrogens with zero attached hydrogens (tertiary/aromatic N) is 1. The van der Waals surface area contributed by atoms with E-state index in [1.54, 1.807) is 11.8 Å². The molecule has 3 nitrogen and oxygen atoms in total. The molecule has 0 aliphatic heterocycles. The molecule has 1 amide bonds. The number of carbonyl (C=O) groups is 1. The molecule has 1 fully saturated rings. The van der Waals surface area contributed by atoms with Gasteiger partial charge < -0.3 is 10.0 Å². The quantitative estimate of drug-likeness (QED) is 0.821. The van der Waals surface area contributed by atoms with Gasteiger partial charge in [-0.2, -0.15) is 0 Å². The first kappa shape index (κ1) is 16.4. The number of thioether (sulfide) groups is 1. The first-order chi connectivity index (χ1) is 9.95. The van der Waals surface area contributed by atoms with Crippen molar-refractivity contribution in [1.29, 1.82) is 0 Å². The van der Waals surface area contributed by atoms with Crippen molar-refractivity contribution < 1.29 is 9.90 Å². The van der Waals surface area contributed by atoms with Crippen molar-refractivity contribution in [3.63, 3.8) is 0 Å². The van der Waals surface area contributed by atoms with Crippen LogP contribution in [0.5, 0.6) is 0 Å². The number of benzene rings is 1. The number of aliphatic hydroxyl groups is 1. The predicted molar refractivity (Wildman–Crippen MR) is 87.6 cm³/mol. The Hall–Kier alpha value is -1.00. The zero-order valence-corrected chi connectivity index (χ0v) is 13.9. The minimum Gasteiger partial charge on any atom is -0.393 e. The lowest BCUT2D eigenvalue weighted by molar-refractivity contribution is -0.131. The number of aryl methyl sites for hydroxylation is 2. The van der Waals surface area contributed by atoms with Gasteiger partial charge in [0, 0.05) is 30.7 Å². The van der Waals surface area contributed by atoms with Gasteiger partial charge >= 0.3 is 0 Å². The van der Waals surface area contributed by atoms with Crippen LogP contribution >= 0.6 is 11.8 Å². The van der Waals surface area contributed by atoms with Gasteiger partial charge in [-0.1, -0.05) is 6.07 Å². The van der Waals surface area contributed by atoms with E-state index >= 15 is 0 Å². The molecular weight excluding hydrogens is 282 g/mol. The Bertz CT molecular complexity index is 498. The van der Waals surface area contributed by atoms with Gasteiger partial charge in [0.15, 0.2) is 0 Å². The fourth-order valence-corrected chi connectivity index (χ4v) is 3.53. The maximum absolute atomic E-state index is 12.1. The molecule has 0 spiro atoms. The van der Waals surface area contributed by atoms with Crippen LogP contribution in [0, 0.1) is 19.8 Å². The maximum atomic E-state index is 12.1. The largest absolute Gasteiger partial charge is 0.393 e. The highest BCUT2D eigenvalue weighted by Crippen LogP contribution is 2.28. The summed E-state index contributed by atoms with van der Waals surface area (Å²) in [6.45, 7) is 5.01. The summed E-state index contributed by atoms with van der Waals surface area (Å²) in [4.78, 5) is 15.1. The second-order valence-corrected chi connectivity index (χ2v) is 7.28. The van der Waals surface area contributed by atoms with E-state index in [-0.39, 0.29) is 12.0 Å². The van der Waals surface area contributed by atoms with Crippen molar-refractivity contribution >= 4 is 17.7 Å². The molecule has 21 heavy (non-hydrogen) atoms. The Labute approximate surface area is 131 Å². The number of hydrogen-bond donors (Lipinski definition) is 1. The van der Waals surface area contributed by atoms with Crippen molar-refractivity contribution in [1.82, 2.24) is 4.90 Å². The van der Waals surface area contributed by atoms with Gasteiger partial charge in [-0.25, -0.2) is 0 Å². The second kappa shape index (κ2) is 7.32. The van der Waals surface area contributed by atoms with Crippen LogP contribution in [0.1, 0.15) is 30.4 Å². The molecule has 1 aliphatic carbocycles. The molecule has 0 heterocycles. The molecule has 0 radical (unpaired) electrons. The molecule has 1 N–H and O–H groups in total. The first-order valence-corrected chi connectivity index (χ1v) is 8.56. The summed E-state index contributed by atoms with van der Waals surface area (Å²) in [5.74, 6) is 1.51. The van der Waals surface area contributed by atoms with Crippen LogP contribution in [0.2, 0.25) is 0 Å². The Morgan fingerprint density at radius 3 is 2.67 bits per heavy atom. The molecule has 1 aromatic rings. The molecule has 0 atom stereocenters. The van der Waals surface area contributed by atoms with Gasteiger partial charge in [-0.3, -0.25) is 4.79 Å². The molecule has 0 unspecified atom stereocenters. The van der Waals surface area contributed by atoms with E-state index in [4.69, 9.17) is 0 Å². The second-order valence-electron chi connectivity index (χ2n) is 6.11. The van der Waals surface area contributed by atoms with E-state index in [9.17, 15) is 9.90 Å². The molecule has 4 heteroatoms. The average molecular weight is 307 g/mol. The molecule has 2 rings (SSSR count). The average Bonchev–Trinajstić information content (AvgIpc) is 2.40. The number of amides is 1. The van der Waals surface area contributed by atoms with Crippen molar-refractivity contribution in [3.8, 4) is 0 Å². The van der Waals surface area contributed by atoms with Gasteiger partial charge in [-0.05, 0) is 55.9 Å². The molecule has 1 aromatic carbocycles. The molecule has 1 saturated carbocycles. The van der Waals surface area contributed by atoms with E-state index in [1.165, 1.54) is 16.0 Å². The molecule has 0 saturated heterocycles. The third-order valence-corrected chi connectivity index (χ3v) is 5.23. The van der Waals surface area contributed by atoms with Crippen LogP contribution in [0.3, 0.4) is 0 Å². The lowest BCUT2D eigenvalue weighted by atomic mass is 9.82. The zero-order chi connectivity index (χ0) is 15.4. The molecule has 0 aromatic heterocycles. The number of aliphatic hydroxyl groups excluding tert-OH is 1. The third kappa shape index (κ3) is 4.75. The lowest BCUT2D eigenvalue weighted by Crippen LogP contribution is -2.39. The number of carbonyl (C=O) groups excluding carboxylic acids is 1. The van der Waals surface area contributed by atoms with Crippen LogP contribution in [-0.4, -0.2) is 41.4 Å². The van der Waals surface area contributed by atoms with Crippen molar-refractivity contribution in [3.05, 3.63) is 29.3 Å². The minimum absolute atomic E-state index is 0.140. The van der Waals surface area contributed by atoms with E-state index in [2.05, 4.69) is 32.0 Å². The van der Waals surface area contributed by atoms with Gasteiger partial charge in [0.05, 0.1) is 6.10 Å². The smallest absolute Gasteiger partial charge is 0.223 e. The highest BCUT2D eigenvalue weighted by atomic mass is 32.2. The Morgan fingerprint density at radius 1 is 1.33 bits per heavy atom. The third-order valence-electron chi connectivity index (χ3n) is 4.23. The van der Waals surface area contributed by atoms with E-state index in [0.29, 0.717) is 12.3 Å². The highest BCUT2D eigenvalue weighted by molar-refractivity contribution is 7.99. The first-order valence-electron chi connectivity index (χ1n) is 7.57. The van der Waals surface area contributed by atoms with Gasteiger partial charge in [0.25, 0.3) is 0 Å². The molecule has 0 bridgehead atoms. The minimum atomic E-state index is -0.140. The zero-order valence-electron chi connectivity index (χ0n) is 13.1. The van der Waals surface area contributed by atoms with Crippen molar-refractivity contribution in [2.75, 3.05) is 19.3 Å². The fourth-order valence-electron chi connectivity index (χ4n) is 2.59. The van der Waals surface area contributed by atoms with Crippen LogP contribution in [0.25, 0.3) is 0 Å². The molecular formula is C17H25NO2S. The van der Waals surface area contributed by atoms with Crippen LogP contribution in [0.4, 0.5) is 0 Å². The van der Waals surface area contributed by atoms with Crippen molar-refractivity contribution in [2.45, 2.75) is 44.1 Å². The summed E-state index contributed by atoms with van der Waals surface area (Å²) < 4.78 is 0. The summed E-state index contributed by atoms with van der Waals surface area (Å²) in [6, 6.07) is 6.44. The normalized spacial score (nSPS) is 21.0. The van der Waals surface area contributed by atoms with Gasteiger partial charge in [-0.15, -0.1) is 11.8 Å². The summed E-state index contributed by atoms with van der Waals surface area (Å²) in [6.07, 6.45) is 2.12. The topological polar surface area (TPSA) is 40.5 Å². The standard InChI is InChI=1S/C17H25NO2S/c1-12-4-5-16(8-13(12)2)21-7-6-17(20)18(3)11-14-9-15(19)10-14/h4-5,8,14-15,19H,6-7,9-11H2,1-3H3. The monoisotopic (exact) mass is 307 g/mol. The SMILES string of the molecule is Cc1ccc(SCCC(=O)N(C)CC2CC(O)C2)cc1C. The van der Waals surface area contributed by atoms with Crippen LogP contribution < -0.4 is 0 Å². The summed E-state index contributed by atoms with van der Waals surface area (Å²) >= 11 is 1.74. The number of hydrogen-bond acceptors (Lipinski definition) is 3. The predicted octanol–water partition coefficient (Wildman–Crippen LogP) is 3.01. The highest BCUT2D eigenvalue weighted by Gasteiger charge is 2.28. The maximum Gasteiger partial charge on any atom is 0.223 e. The van der Waals surface area contributed by atoms with E-state index in [0.717, 1.165) is 25.1 Å². The van der Waals surface area contributed by atoms with Crippen LogP contribution in [-0.2, 0) is 4.79 Å². The lowest BCUT2D eigenvalue weighted by Gasteiger charge is -2.34. The molecule has 1 aliphatic rings. The molecule has 116 valence electrons. The number of rotatable bonds is 6. The summed E-state index contributed by atoms with van der Waals surface area (Å²) in [7, 11) is 1.87. The van der Waals surface area contributed by atoms with E-state index < -0.39 is 0 Å². The Kier molecular flexibility index (Phi) is 5.71. The Balaban J connectivity index is 1.69. The summed E-state index contributed by atoms with van der Waals surface area (Å²) in [5.41, 5.74) is 2.60. The van der Waals surface area contributed by atoms with Crippen LogP contribution in [0.15, 0.2) is 23.1 Å². The van der Waals surface area contributed by atoms with E-state index in [1.807, 2.05) is 11.9 Å². The van der Waals surface area contributed by atoms with Crippen molar-refractivity contribution in [2.24, 2.45) is 5.92 Å². The summed E-state index contributed by atoms with van der Waals surface area (Å²) in [5, 5.41) is 9.27. The van der Waals surface area contributed by atoms with Gasteiger partial charge in [0.2, 0.25) is 5.91 Å². The van der Waals surface area contributed by atoms with Gasteiger partial charge in [0.1, 0.15) is 0 Å². The fraction of sp³-hybridized carbons (Fsp3) is 0.588.